The van der Waals surface area contributed by atoms with Gasteiger partial charge in [0.25, 0.3) is 0 Å². The molecule has 0 aliphatic rings. The standard InChI is InChI=1S/C60H43N5/c1-4-14-44(15-5-1)46-22-32-52(33-23-46)64(53-34-24-47(25-35-53)45-16-6-2-7-17-45)54-36-26-48(27-37-54)49-28-38-55(39-29-49)65(57-20-10-12-42-61-57)56-40-30-50(31-41-56)59-60(51-18-8-3-9-19-51)63-43-13-11-21-58(63)62-59/h1-43H. The molecule has 3 heterocycles. The van der Waals surface area contributed by atoms with Crippen molar-refractivity contribution in [1.82, 2.24) is 14.4 Å². The molecule has 0 bridgehead atoms. The smallest absolute Gasteiger partial charge is 0.137 e. The third-order valence-corrected chi connectivity index (χ3v) is 11.9. The Morgan fingerprint density at radius 2 is 0.662 bits per heavy atom. The van der Waals surface area contributed by atoms with Crippen molar-refractivity contribution in [2.24, 2.45) is 0 Å². The van der Waals surface area contributed by atoms with Gasteiger partial charge in [-0.25, -0.2) is 9.97 Å². The van der Waals surface area contributed by atoms with E-state index in [1.54, 1.807) is 0 Å². The summed E-state index contributed by atoms with van der Waals surface area (Å²) in [5, 5.41) is 0. The van der Waals surface area contributed by atoms with Crippen LogP contribution in [-0.2, 0) is 0 Å². The van der Waals surface area contributed by atoms with Crippen LogP contribution in [-0.4, -0.2) is 14.4 Å². The number of benzene rings is 8. The molecule has 65 heavy (non-hydrogen) atoms. The number of imidazole rings is 1. The molecule has 0 saturated heterocycles. The zero-order valence-corrected chi connectivity index (χ0v) is 35.6. The van der Waals surface area contributed by atoms with Gasteiger partial charge < -0.3 is 4.90 Å². The van der Waals surface area contributed by atoms with Gasteiger partial charge in [0.2, 0.25) is 0 Å². The molecule has 0 amide bonds. The summed E-state index contributed by atoms with van der Waals surface area (Å²) in [6.45, 7) is 0. The predicted octanol–water partition coefficient (Wildman–Crippen LogP) is 16.0. The second-order valence-corrected chi connectivity index (χ2v) is 15.9. The summed E-state index contributed by atoms with van der Waals surface area (Å²) >= 11 is 0. The molecule has 0 atom stereocenters. The minimum absolute atomic E-state index is 0.837. The Morgan fingerprint density at radius 3 is 1.09 bits per heavy atom. The lowest BCUT2D eigenvalue weighted by atomic mass is 10.0. The van der Waals surface area contributed by atoms with Gasteiger partial charge in [-0.05, 0) is 118 Å². The van der Waals surface area contributed by atoms with Gasteiger partial charge in [-0.1, -0.05) is 164 Å². The largest absolute Gasteiger partial charge is 0.311 e. The fraction of sp³-hybridized carbons (Fsp3) is 0. The van der Waals surface area contributed by atoms with E-state index in [0.717, 1.165) is 73.5 Å². The van der Waals surface area contributed by atoms with E-state index in [0.29, 0.717) is 0 Å². The average Bonchev–Trinajstić information content (AvgIpc) is 3.79. The maximum absolute atomic E-state index is 5.10. The first-order chi connectivity index (χ1) is 32.2. The molecule has 0 spiro atoms. The summed E-state index contributed by atoms with van der Waals surface area (Å²) in [4.78, 5) is 14.4. The van der Waals surface area contributed by atoms with Crippen molar-refractivity contribution < 1.29 is 0 Å². The maximum atomic E-state index is 5.10. The van der Waals surface area contributed by atoms with E-state index in [4.69, 9.17) is 9.97 Å². The van der Waals surface area contributed by atoms with Crippen molar-refractivity contribution in [2.45, 2.75) is 0 Å². The molecule has 11 aromatic rings. The van der Waals surface area contributed by atoms with Crippen LogP contribution in [0.4, 0.5) is 34.3 Å². The fourth-order valence-electron chi connectivity index (χ4n) is 8.66. The van der Waals surface area contributed by atoms with Crippen LogP contribution in [0.1, 0.15) is 0 Å². The van der Waals surface area contributed by atoms with E-state index in [1.165, 1.54) is 22.3 Å². The van der Waals surface area contributed by atoms with Crippen LogP contribution >= 0.6 is 0 Å². The SMILES string of the molecule is c1ccc(-c2ccc(N(c3ccc(-c4ccccc4)cc3)c3ccc(-c4ccc(N(c5ccc(-c6nc7ccccn7c6-c6ccccc6)cc5)c5ccccn5)cc4)cc3)cc2)cc1. The quantitative estimate of drug-likeness (QED) is 0.130. The van der Waals surface area contributed by atoms with Gasteiger partial charge in [0, 0.05) is 52.0 Å². The topological polar surface area (TPSA) is 36.7 Å². The number of hydrogen-bond acceptors (Lipinski definition) is 4. The molecule has 0 aliphatic carbocycles. The molecule has 11 rings (SSSR count). The van der Waals surface area contributed by atoms with Gasteiger partial charge in [0.05, 0.1) is 11.4 Å². The van der Waals surface area contributed by atoms with Gasteiger partial charge in [-0.3, -0.25) is 9.30 Å². The molecule has 8 aromatic carbocycles. The van der Waals surface area contributed by atoms with Crippen LogP contribution in [0, 0.1) is 0 Å². The Balaban J connectivity index is 0.896. The number of fused-ring (bicyclic) bond motifs is 1. The highest BCUT2D eigenvalue weighted by Crippen LogP contribution is 2.40. The minimum Gasteiger partial charge on any atom is -0.311 e. The van der Waals surface area contributed by atoms with Crippen LogP contribution < -0.4 is 9.80 Å². The van der Waals surface area contributed by atoms with Crippen LogP contribution in [0.3, 0.4) is 0 Å². The number of aromatic nitrogens is 3. The van der Waals surface area contributed by atoms with E-state index in [1.807, 2.05) is 42.6 Å². The van der Waals surface area contributed by atoms with E-state index < -0.39 is 0 Å². The second kappa shape index (κ2) is 17.5. The van der Waals surface area contributed by atoms with Gasteiger partial charge in [0.1, 0.15) is 11.5 Å². The Bertz CT molecular complexity index is 3210. The monoisotopic (exact) mass is 833 g/mol. The third-order valence-electron chi connectivity index (χ3n) is 11.9. The first kappa shape index (κ1) is 39.1. The van der Waals surface area contributed by atoms with E-state index in [2.05, 4.69) is 233 Å². The zero-order chi connectivity index (χ0) is 43.4. The van der Waals surface area contributed by atoms with Gasteiger partial charge in [-0.2, -0.15) is 0 Å². The average molecular weight is 834 g/mol. The molecule has 0 aliphatic heterocycles. The molecular weight excluding hydrogens is 791 g/mol. The Morgan fingerprint density at radius 1 is 0.292 bits per heavy atom. The van der Waals surface area contributed by atoms with Crippen molar-refractivity contribution in [2.75, 3.05) is 9.80 Å². The van der Waals surface area contributed by atoms with Crippen LogP contribution in [0.15, 0.2) is 261 Å². The first-order valence-electron chi connectivity index (χ1n) is 21.9. The molecular formula is C60H43N5. The summed E-state index contributed by atoms with van der Waals surface area (Å²) in [5.74, 6) is 0.837. The van der Waals surface area contributed by atoms with Crippen molar-refractivity contribution >= 4 is 39.9 Å². The molecule has 3 aromatic heterocycles. The van der Waals surface area contributed by atoms with E-state index in [-0.39, 0.29) is 0 Å². The summed E-state index contributed by atoms with van der Waals surface area (Å²) in [6.07, 6.45) is 3.92. The lowest BCUT2D eigenvalue weighted by molar-refractivity contribution is 1.18. The number of nitrogens with zero attached hydrogens (tertiary/aromatic N) is 5. The van der Waals surface area contributed by atoms with Crippen molar-refractivity contribution in [1.29, 1.82) is 0 Å². The number of anilines is 6. The minimum atomic E-state index is 0.837. The van der Waals surface area contributed by atoms with Crippen LogP contribution in [0.5, 0.6) is 0 Å². The molecule has 308 valence electrons. The lowest BCUT2D eigenvalue weighted by Crippen LogP contribution is -2.11. The predicted molar refractivity (Wildman–Crippen MR) is 270 cm³/mol. The highest BCUT2D eigenvalue weighted by molar-refractivity contribution is 5.85. The second-order valence-electron chi connectivity index (χ2n) is 15.9. The molecule has 0 fully saturated rings. The normalized spacial score (nSPS) is 11.1. The fourth-order valence-corrected chi connectivity index (χ4v) is 8.66. The molecule has 5 nitrogen and oxygen atoms in total. The number of rotatable bonds is 11. The Labute approximate surface area is 379 Å². The van der Waals surface area contributed by atoms with Gasteiger partial charge in [0.15, 0.2) is 0 Å². The highest BCUT2D eigenvalue weighted by atomic mass is 15.2. The van der Waals surface area contributed by atoms with Crippen LogP contribution in [0.2, 0.25) is 0 Å². The Hall–Kier alpha value is -8.80. The highest BCUT2D eigenvalue weighted by Gasteiger charge is 2.19. The summed E-state index contributed by atoms with van der Waals surface area (Å²) < 4.78 is 2.17. The van der Waals surface area contributed by atoms with E-state index in [9.17, 15) is 0 Å². The van der Waals surface area contributed by atoms with Crippen molar-refractivity contribution in [3.63, 3.8) is 0 Å². The van der Waals surface area contributed by atoms with Gasteiger partial charge in [-0.15, -0.1) is 0 Å². The molecule has 0 unspecified atom stereocenters. The Kier molecular flexibility index (Phi) is 10.5. The van der Waals surface area contributed by atoms with Crippen molar-refractivity contribution in [3.05, 3.63) is 261 Å². The lowest BCUT2D eigenvalue weighted by Gasteiger charge is -2.26. The van der Waals surface area contributed by atoms with E-state index >= 15 is 0 Å². The first-order valence-corrected chi connectivity index (χ1v) is 21.9. The maximum Gasteiger partial charge on any atom is 0.137 e. The summed E-state index contributed by atoms with van der Waals surface area (Å²) in [5.41, 5.74) is 17.4. The van der Waals surface area contributed by atoms with Gasteiger partial charge >= 0.3 is 0 Å². The zero-order valence-electron chi connectivity index (χ0n) is 35.6. The molecule has 0 saturated carbocycles. The third kappa shape index (κ3) is 7.95. The van der Waals surface area contributed by atoms with Crippen LogP contribution in [0.25, 0.3) is 61.5 Å². The number of hydrogen-bond donors (Lipinski definition) is 0. The molecule has 0 N–H and O–H groups in total. The molecule has 5 heteroatoms. The summed E-state index contributed by atoms with van der Waals surface area (Å²) in [7, 11) is 0. The van der Waals surface area contributed by atoms with Crippen molar-refractivity contribution in [3.8, 4) is 55.9 Å². The molecule has 0 radical (unpaired) electrons. The number of pyridine rings is 2. The summed E-state index contributed by atoms with van der Waals surface area (Å²) in [6, 6.07) is 87.6.